The summed E-state index contributed by atoms with van der Waals surface area (Å²) >= 11 is 1.44. The number of aliphatic carboxylic acids is 1. The van der Waals surface area contributed by atoms with Crippen LogP contribution in [0.15, 0.2) is 24.3 Å². The van der Waals surface area contributed by atoms with Crippen molar-refractivity contribution in [2.45, 2.75) is 64.7 Å². The number of nitrogens with one attached hydrogen (secondary N) is 1. The molecular formula is C37H63NO13S. The van der Waals surface area contributed by atoms with Crippen molar-refractivity contribution < 1.29 is 62.1 Å². The Hall–Kier alpha value is -2.50. The molecule has 0 saturated heterocycles. The molecule has 15 heteroatoms. The zero-order chi connectivity index (χ0) is 37.6. The van der Waals surface area contributed by atoms with Crippen LogP contribution in [0.4, 0.5) is 0 Å². The summed E-state index contributed by atoms with van der Waals surface area (Å²) in [4.78, 5) is 33.2. The topological polar surface area (TPSA) is 167 Å². The molecule has 0 fully saturated rings. The highest BCUT2D eigenvalue weighted by molar-refractivity contribution is 8.13. The minimum Gasteiger partial charge on any atom is -0.491 e. The number of carboxylic acids is 1. The highest BCUT2D eigenvalue weighted by Gasteiger charge is 2.04. The Bertz CT molecular complexity index is 987. The first kappa shape index (κ1) is 47.5. The van der Waals surface area contributed by atoms with E-state index in [1.54, 1.807) is 31.2 Å². The molecule has 14 nitrogen and oxygen atoms in total. The highest BCUT2D eigenvalue weighted by atomic mass is 32.2. The van der Waals surface area contributed by atoms with E-state index in [0.717, 1.165) is 25.2 Å². The van der Waals surface area contributed by atoms with Gasteiger partial charge in [-0.15, -0.1) is 0 Å². The van der Waals surface area contributed by atoms with Gasteiger partial charge in [0.15, 0.2) is 11.7 Å². The molecular weight excluding hydrogens is 698 g/mol. The average Bonchev–Trinajstić information content (AvgIpc) is 3.13. The summed E-state index contributed by atoms with van der Waals surface area (Å²) in [6.45, 7) is 7.72. The second kappa shape index (κ2) is 36.8. The lowest BCUT2D eigenvalue weighted by atomic mass is 10.1. The van der Waals surface area contributed by atoms with E-state index in [1.165, 1.54) is 56.7 Å². The molecule has 1 amide bonds. The predicted octanol–water partition coefficient (Wildman–Crippen LogP) is 4.55. The summed E-state index contributed by atoms with van der Waals surface area (Å²) in [6.07, 6.45) is 11.1. The smallest absolute Gasteiger partial charge is 0.329 e. The number of benzene rings is 1. The fourth-order valence-electron chi connectivity index (χ4n) is 4.43. The molecule has 0 atom stereocenters. The van der Waals surface area contributed by atoms with E-state index in [9.17, 15) is 14.4 Å². The van der Waals surface area contributed by atoms with E-state index >= 15 is 0 Å². The monoisotopic (exact) mass is 761 g/mol. The number of ether oxygens (including phenoxy) is 9. The van der Waals surface area contributed by atoms with Crippen LogP contribution in [-0.2, 0) is 47.5 Å². The van der Waals surface area contributed by atoms with E-state index in [0.29, 0.717) is 97.3 Å². The molecule has 1 rings (SSSR count). The average molecular weight is 762 g/mol. The molecule has 0 bridgehead atoms. The van der Waals surface area contributed by atoms with Gasteiger partial charge < -0.3 is 53.1 Å². The summed E-state index contributed by atoms with van der Waals surface area (Å²) in [5.74, 6) is 0.934. The fourth-order valence-corrected chi connectivity index (χ4v) is 5.07. The normalized spacial score (nSPS) is 11.1. The van der Waals surface area contributed by atoms with Crippen LogP contribution in [0.25, 0.3) is 0 Å². The van der Waals surface area contributed by atoms with Crippen molar-refractivity contribution in [1.82, 2.24) is 5.32 Å². The molecule has 1 aromatic rings. The largest absolute Gasteiger partial charge is 0.491 e. The van der Waals surface area contributed by atoms with Crippen molar-refractivity contribution in [3.05, 3.63) is 24.3 Å². The van der Waals surface area contributed by atoms with E-state index in [2.05, 4.69) is 5.32 Å². The summed E-state index contributed by atoms with van der Waals surface area (Å²) in [5, 5.41) is 11.4. The number of carbonyl (C=O) groups excluding carboxylic acids is 2. The van der Waals surface area contributed by atoms with Crippen molar-refractivity contribution in [2.24, 2.45) is 0 Å². The predicted molar refractivity (Wildman–Crippen MR) is 199 cm³/mol. The number of hydrogen-bond acceptors (Lipinski definition) is 13. The van der Waals surface area contributed by atoms with Crippen LogP contribution in [0.5, 0.6) is 11.5 Å². The third kappa shape index (κ3) is 34.6. The Morgan fingerprint density at radius 1 is 0.519 bits per heavy atom. The molecule has 0 aliphatic heterocycles. The van der Waals surface area contributed by atoms with Crippen LogP contribution >= 0.6 is 11.8 Å². The van der Waals surface area contributed by atoms with E-state index in [1.807, 2.05) is 0 Å². The highest BCUT2D eigenvalue weighted by Crippen LogP contribution is 2.17. The van der Waals surface area contributed by atoms with Crippen molar-refractivity contribution in [2.75, 3.05) is 118 Å². The molecule has 0 heterocycles. The lowest BCUT2D eigenvalue weighted by molar-refractivity contribution is -0.142. The van der Waals surface area contributed by atoms with E-state index in [4.69, 9.17) is 47.7 Å². The van der Waals surface area contributed by atoms with Crippen molar-refractivity contribution >= 4 is 28.8 Å². The van der Waals surface area contributed by atoms with Gasteiger partial charge in [-0.2, -0.15) is 0 Å². The maximum absolute atomic E-state index is 12.0. The first-order chi connectivity index (χ1) is 25.5. The van der Waals surface area contributed by atoms with E-state index in [-0.39, 0.29) is 30.8 Å². The Morgan fingerprint density at radius 3 is 1.46 bits per heavy atom. The molecule has 300 valence electrons. The van der Waals surface area contributed by atoms with E-state index < -0.39 is 5.97 Å². The fraction of sp³-hybridized carbons (Fsp3) is 0.757. The van der Waals surface area contributed by atoms with Gasteiger partial charge in [-0.25, -0.2) is 4.79 Å². The Balaban J connectivity index is 1.82. The third-order valence-corrected chi connectivity index (χ3v) is 7.98. The molecule has 0 unspecified atom stereocenters. The van der Waals surface area contributed by atoms with Crippen LogP contribution in [0.2, 0.25) is 0 Å². The third-order valence-electron chi connectivity index (χ3n) is 7.08. The Morgan fingerprint density at radius 2 is 0.942 bits per heavy atom. The molecule has 0 aliphatic carbocycles. The van der Waals surface area contributed by atoms with Crippen LogP contribution in [-0.4, -0.2) is 140 Å². The van der Waals surface area contributed by atoms with Gasteiger partial charge in [0, 0.05) is 25.8 Å². The maximum atomic E-state index is 12.0. The van der Waals surface area contributed by atoms with Crippen LogP contribution < -0.4 is 14.8 Å². The Labute approximate surface area is 314 Å². The maximum Gasteiger partial charge on any atom is 0.329 e. The number of unbranched alkanes of at least 4 members (excludes halogenated alkanes) is 8. The summed E-state index contributed by atoms with van der Waals surface area (Å²) in [5.41, 5.74) is 0. The van der Waals surface area contributed by atoms with Crippen molar-refractivity contribution in [3.63, 3.8) is 0 Å². The zero-order valence-corrected chi connectivity index (χ0v) is 32.0. The number of amides is 1. The van der Waals surface area contributed by atoms with Gasteiger partial charge >= 0.3 is 5.97 Å². The lowest BCUT2D eigenvalue weighted by Crippen LogP contribution is -2.31. The second-order valence-electron chi connectivity index (χ2n) is 11.6. The van der Waals surface area contributed by atoms with Crippen LogP contribution in [0.3, 0.4) is 0 Å². The van der Waals surface area contributed by atoms with Crippen molar-refractivity contribution in [1.29, 1.82) is 0 Å². The van der Waals surface area contributed by atoms with Crippen LogP contribution in [0.1, 0.15) is 64.7 Å². The molecule has 1 aromatic carbocycles. The van der Waals surface area contributed by atoms with Gasteiger partial charge in [0.05, 0.1) is 79.3 Å². The molecule has 0 aliphatic rings. The molecule has 0 saturated carbocycles. The van der Waals surface area contributed by atoms with Gasteiger partial charge in [0.2, 0.25) is 0 Å². The molecule has 52 heavy (non-hydrogen) atoms. The van der Waals surface area contributed by atoms with Gasteiger partial charge in [-0.1, -0.05) is 56.7 Å². The minimum absolute atomic E-state index is 0.112. The van der Waals surface area contributed by atoms with Crippen molar-refractivity contribution in [3.8, 4) is 11.5 Å². The Kier molecular flexibility index (Phi) is 33.7. The summed E-state index contributed by atoms with van der Waals surface area (Å²) in [7, 11) is 0. The quantitative estimate of drug-likeness (QED) is 0.0898. The lowest BCUT2D eigenvalue weighted by Gasteiger charge is -2.10. The summed E-state index contributed by atoms with van der Waals surface area (Å²) in [6, 6.07) is 7.03. The molecule has 2 N–H and O–H groups in total. The first-order valence-electron chi connectivity index (χ1n) is 18.5. The van der Waals surface area contributed by atoms with Gasteiger partial charge in [-0.05, 0) is 37.1 Å². The first-order valence-corrected chi connectivity index (χ1v) is 19.5. The number of thioether (sulfide) groups is 1. The zero-order valence-electron chi connectivity index (χ0n) is 31.2. The molecule has 0 spiro atoms. The van der Waals surface area contributed by atoms with Gasteiger partial charge in [0.25, 0.3) is 5.91 Å². The number of rotatable bonds is 39. The van der Waals surface area contributed by atoms with Gasteiger partial charge in [0.1, 0.15) is 24.7 Å². The number of hydrogen-bond donors (Lipinski definition) is 2. The second-order valence-corrected chi connectivity index (χ2v) is 12.9. The molecule has 0 aromatic heterocycles. The number of carboxylic acid groups (broad SMARTS) is 1. The number of carbonyl (C=O) groups is 3. The summed E-state index contributed by atoms with van der Waals surface area (Å²) < 4.78 is 48.9. The van der Waals surface area contributed by atoms with Gasteiger partial charge in [-0.3, -0.25) is 9.59 Å². The van der Waals surface area contributed by atoms with Crippen LogP contribution in [0, 0.1) is 0 Å². The molecule has 0 radical (unpaired) electrons. The SMILES string of the molecule is CC(=O)SCCCCCCCCCCCOCCOCCOCCOc1ccc(OCC(=O)NCCOCCOCCOCCOCC(=O)O)cc1. The minimum atomic E-state index is -1.01. The standard InChI is InChI=1S/C37H63NO13S/c1-33(39)52-30-10-8-6-4-2-3-5-7-9-16-43-18-20-45-24-25-48-28-29-50-34-11-13-35(14-12-34)51-31-36(40)38-15-17-44-19-21-46-22-23-47-26-27-49-32-37(41)42/h11-14H,2-10,15-32H2,1H3,(H,38,40)(H,41,42).